The Balaban J connectivity index is 0.00000338. The third-order valence-corrected chi connectivity index (χ3v) is 5.14. The lowest BCUT2D eigenvalue weighted by molar-refractivity contribution is 0.0949. The summed E-state index contributed by atoms with van der Waals surface area (Å²) in [6, 6.07) is 13.0. The lowest BCUT2D eigenvalue weighted by Crippen LogP contribution is -2.31. The number of aryl methyl sites for hydroxylation is 1. The molecule has 2 aromatic rings. The zero-order valence-corrected chi connectivity index (χ0v) is 16.4. The van der Waals surface area contributed by atoms with Gasteiger partial charge in [0.05, 0.1) is 16.1 Å². The summed E-state index contributed by atoms with van der Waals surface area (Å²) in [5.41, 5.74) is 7.01. The number of benzene rings is 2. The summed E-state index contributed by atoms with van der Waals surface area (Å²) in [6.45, 7) is 4.69. The van der Waals surface area contributed by atoms with E-state index >= 15 is 0 Å². The molecule has 142 valence electrons. The van der Waals surface area contributed by atoms with Crippen molar-refractivity contribution < 1.29 is 13.2 Å². The van der Waals surface area contributed by atoms with E-state index < -0.39 is 10.0 Å². The average Bonchev–Trinajstić information content (AvgIpc) is 2.59. The van der Waals surface area contributed by atoms with Crippen molar-refractivity contribution in [2.75, 3.05) is 17.8 Å². The molecule has 4 N–H and O–H groups in total. The number of anilines is 1. The van der Waals surface area contributed by atoms with Crippen LogP contribution >= 0.6 is 12.4 Å². The smallest absolute Gasteiger partial charge is 0.261 e. The van der Waals surface area contributed by atoms with Crippen molar-refractivity contribution in [3.63, 3.8) is 0 Å². The van der Waals surface area contributed by atoms with Gasteiger partial charge in [-0.15, -0.1) is 12.4 Å². The predicted octanol–water partition coefficient (Wildman–Crippen LogP) is 2.54. The summed E-state index contributed by atoms with van der Waals surface area (Å²) in [5.74, 6) is -0.206. The van der Waals surface area contributed by atoms with E-state index in [0.717, 1.165) is 5.56 Å². The zero-order chi connectivity index (χ0) is 18.4. The molecule has 0 bridgehead atoms. The molecule has 0 aromatic heterocycles. The Bertz CT molecular complexity index is 839. The van der Waals surface area contributed by atoms with Gasteiger partial charge in [-0.3, -0.25) is 9.52 Å². The summed E-state index contributed by atoms with van der Waals surface area (Å²) >= 11 is 0. The van der Waals surface area contributed by atoms with E-state index in [4.69, 9.17) is 5.73 Å². The Hall–Kier alpha value is -2.09. The number of para-hydroxylation sites is 1. The molecule has 0 fully saturated rings. The highest BCUT2D eigenvalue weighted by atomic mass is 35.5. The van der Waals surface area contributed by atoms with Crippen LogP contribution in [0.15, 0.2) is 53.4 Å². The summed E-state index contributed by atoms with van der Waals surface area (Å²) in [5, 5.41) is 2.77. The Morgan fingerprint density at radius 1 is 1.12 bits per heavy atom. The highest BCUT2D eigenvalue weighted by Gasteiger charge is 2.18. The molecule has 8 heteroatoms. The normalized spacial score (nSPS) is 12.0. The van der Waals surface area contributed by atoms with Gasteiger partial charge in [0.2, 0.25) is 0 Å². The number of hydrogen-bond acceptors (Lipinski definition) is 4. The monoisotopic (exact) mass is 397 g/mol. The molecule has 2 aromatic carbocycles. The number of carbonyl (C=O) groups excluding carboxylic acids is 1. The topological polar surface area (TPSA) is 101 Å². The van der Waals surface area contributed by atoms with Crippen LogP contribution in [0.2, 0.25) is 0 Å². The third-order valence-electron chi connectivity index (χ3n) is 3.76. The van der Waals surface area contributed by atoms with Crippen molar-refractivity contribution in [2.45, 2.75) is 18.7 Å². The van der Waals surface area contributed by atoms with Crippen molar-refractivity contribution >= 4 is 34.0 Å². The Labute approximate surface area is 160 Å². The molecule has 0 aliphatic rings. The first-order valence-electron chi connectivity index (χ1n) is 8.00. The van der Waals surface area contributed by atoms with Gasteiger partial charge in [0.15, 0.2) is 0 Å². The Morgan fingerprint density at radius 2 is 1.73 bits per heavy atom. The fraction of sp³-hybridized carbons (Fsp3) is 0.278. The van der Waals surface area contributed by atoms with Crippen LogP contribution in [0.5, 0.6) is 0 Å². The summed E-state index contributed by atoms with van der Waals surface area (Å²) < 4.78 is 27.6. The largest absolute Gasteiger partial charge is 0.352 e. The standard InChI is InChI=1S/C18H23N3O3S.ClH/c1-13-7-9-15(10-8-13)25(23,24)21-17-6-4-3-5-16(17)18(22)20-12-14(2)11-19;/h3-10,14,21H,11-12,19H2,1-2H3,(H,20,22);1H. The van der Waals surface area contributed by atoms with Gasteiger partial charge in [0, 0.05) is 6.54 Å². The van der Waals surface area contributed by atoms with Gasteiger partial charge in [0.1, 0.15) is 0 Å². The maximum Gasteiger partial charge on any atom is 0.261 e. The zero-order valence-electron chi connectivity index (χ0n) is 14.7. The lowest BCUT2D eigenvalue weighted by Gasteiger charge is -2.14. The van der Waals surface area contributed by atoms with Crippen molar-refractivity contribution in [1.82, 2.24) is 5.32 Å². The quantitative estimate of drug-likeness (QED) is 0.668. The number of nitrogens with one attached hydrogen (secondary N) is 2. The van der Waals surface area contributed by atoms with Crippen molar-refractivity contribution in [2.24, 2.45) is 11.7 Å². The van der Waals surface area contributed by atoms with E-state index in [9.17, 15) is 13.2 Å². The molecule has 1 atom stereocenters. The van der Waals surface area contributed by atoms with E-state index in [1.54, 1.807) is 36.4 Å². The highest BCUT2D eigenvalue weighted by molar-refractivity contribution is 7.92. The molecule has 1 unspecified atom stereocenters. The average molecular weight is 398 g/mol. The molecule has 0 saturated heterocycles. The van der Waals surface area contributed by atoms with E-state index in [0.29, 0.717) is 13.1 Å². The van der Waals surface area contributed by atoms with Crippen LogP contribution in [0.4, 0.5) is 5.69 Å². The first kappa shape index (κ1) is 22.0. The molecule has 1 amide bonds. The first-order chi connectivity index (χ1) is 11.8. The Kier molecular flexibility index (Phi) is 8.08. The maximum atomic E-state index is 12.5. The number of nitrogens with two attached hydrogens (primary N) is 1. The molecular formula is C18H24ClN3O3S. The summed E-state index contributed by atoms with van der Waals surface area (Å²) in [6.07, 6.45) is 0. The number of hydrogen-bond donors (Lipinski definition) is 3. The molecule has 26 heavy (non-hydrogen) atoms. The SMILES string of the molecule is Cc1ccc(S(=O)(=O)Nc2ccccc2C(=O)NCC(C)CN)cc1.Cl. The van der Waals surface area contributed by atoms with Crippen molar-refractivity contribution in [3.05, 3.63) is 59.7 Å². The minimum absolute atomic E-state index is 0. The molecule has 6 nitrogen and oxygen atoms in total. The van der Waals surface area contributed by atoms with Gasteiger partial charge in [-0.05, 0) is 43.7 Å². The van der Waals surface area contributed by atoms with Crippen LogP contribution < -0.4 is 15.8 Å². The molecule has 0 aliphatic heterocycles. The van der Waals surface area contributed by atoms with E-state index in [2.05, 4.69) is 10.0 Å². The fourth-order valence-corrected chi connectivity index (χ4v) is 3.22. The molecule has 0 spiro atoms. The van der Waals surface area contributed by atoms with Crippen LogP contribution in [-0.2, 0) is 10.0 Å². The van der Waals surface area contributed by atoms with Gasteiger partial charge in [-0.25, -0.2) is 8.42 Å². The van der Waals surface area contributed by atoms with Crippen LogP contribution in [0, 0.1) is 12.8 Å². The van der Waals surface area contributed by atoms with Crippen molar-refractivity contribution in [1.29, 1.82) is 0 Å². The number of amides is 1. The van der Waals surface area contributed by atoms with Crippen LogP contribution in [-0.4, -0.2) is 27.4 Å². The first-order valence-corrected chi connectivity index (χ1v) is 9.48. The minimum atomic E-state index is -3.77. The van der Waals surface area contributed by atoms with Gasteiger partial charge >= 0.3 is 0 Å². The maximum absolute atomic E-state index is 12.5. The van der Waals surface area contributed by atoms with E-state index in [-0.39, 0.29) is 40.4 Å². The molecule has 0 saturated carbocycles. The molecule has 0 aliphatic carbocycles. The van der Waals surface area contributed by atoms with E-state index in [1.807, 2.05) is 13.8 Å². The summed E-state index contributed by atoms with van der Waals surface area (Å²) in [7, 11) is -3.77. The fourth-order valence-electron chi connectivity index (χ4n) is 2.14. The molecular weight excluding hydrogens is 374 g/mol. The van der Waals surface area contributed by atoms with Gasteiger partial charge < -0.3 is 11.1 Å². The van der Waals surface area contributed by atoms with Crippen molar-refractivity contribution in [3.8, 4) is 0 Å². The van der Waals surface area contributed by atoms with Crippen LogP contribution in [0.3, 0.4) is 0 Å². The molecule has 2 rings (SSSR count). The predicted molar refractivity (Wildman–Crippen MR) is 106 cm³/mol. The Morgan fingerprint density at radius 3 is 2.35 bits per heavy atom. The van der Waals surface area contributed by atoms with Gasteiger partial charge in [-0.1, -0.05) is 36.8 Å². The van der Waals surface area contributed by atoms with Crippen LogP contribution in [0.25, 0.3) is 0 Å². The minimum Gasteiger partial charge on any atom is -0.352 e. The number of sulfonamides is 1. The van der Waals surface area contributed by atoms with Crippen LogP contribution in [0.1, 0.15) is 22.8 Å². The van der Waals surface area contributed by atoms with E-state index in [1.165, 1.54) is 12.1 Å². The number of rotatable bonds is 7. The number of halogens is 1. The van der Waals surface area contributed by atoms with Gasteiger partial charge in [0.25, 0.3) is 15.9 Å². The van der Waals surface area contributed by atoms with Gasteiger partial charge in [-0.2, -0.15) is 0 Å². The molecule has 0 radical (unpaired) electrons. The third kappa shape index (κ3) is 5.72. The second-order valence-corrected chi connectivity index (χ2v) is 7.70. The lowest BCUT2D eigenvalue weighted by atomic mass is 10.1. The number of carbonyl (C=O) groups is 1. The summed E-state index contributed by atoms with van der Waals surface area (Å²) in [4.78, 5) is 12.5. The second kappa shape index (κ2) is 9.56. The molecule has 0 heterocycles. The second-order valence-electron chi connectivity index (χ2n) is 6.02. The highest BCUT2D eigenvalue weighted by Crippen LogP contribution is 2.20.